The summed E-state index contributed by atoms with van der Waals surface area (Å²) in [7, 11) is 0. The molecule has 196 valence electrons. The van der Waals surface area contributed by atoms with E-state index in [0.29, 0.717) is 13.0 Å². The highest BCUT2D eigenvalue weighted by molar-refractivity contribution is 6.37. The molecule has 0 spiro atoms. The molecule has 5 atom stereocenters. The monoisotopic (exact) mass is 491 g/mol. The first-order valence-corrected chi connectivity index (χ1v) is 12.6. The number of likely N-dealkylation sites (tertiary alicyclic amines) is 1. The number of hydrogen-bond donors (Lipinski definition) is 4. The summed E-state index contributed by atoms with van der Waals surface area (Å²) in [5, 5.41) is 8.33. The number of rotatable bonds is 9. The molecule has 3 fully saturated rings. The highest BCUT2D eigenvalue weighted by Crippen LogP contribution is 2.65. The number of piperidine rings is 1. The number of primary amides is 1. The minimum Gasteiger partial charge on any atom is -0.363 e. The molecule has 5 amide bonds. The Bertz CT molecular complexity index is 904. The summed E-state index contributed by atoms with van der Waals surface area (Å²) in [6, 6.07) is -3.03. The Kier molecular flexibility index (Phi) is 7.26. The number of amides is 5. The smallest absolute Gasteiger partial charge is 0.315 e. The molecule has 2 saturated carbocycles. The largest absolute Gasteiger partial charge is 0.363 e. The number of nitrogens with one attached hydrogen (secondary N) is 3. The van der Waals surface area contributed by atoms with Crippen LogP contribution in [0.2, 0.25) is 0 Å². The van der Waals surface area contributed by atoms with Crippen LogP contribution in [0.4, 0.5) is 4.79 Å². The lowest BCUT2D eigenvalue weighted by molar-refractivity contribution is -0.144. The van der Waals surface area contributed by atoms with Gasteiger partial charge in [-0.2, -0.15) is 0 Å². The van der Waals surface area contributed by atoms with Gasteiger partial charge in [-0.25, -0.2) is 4.79 Å². The number of nitrogens with two attached hydrogens (primary N) is 1. The van der Waals surface area contributed by atoms with Gasteiger partial charge >= 0.3 is 6.03 Å². The van der Waals surface area contributed by atoms with Crippen molar-refractivity contribution in [3.8, 4) is 0 Å². The van der Waals surface area contributed by atoms with Crippen LogP contribution < -0.4 is 21.7 Å². The van der Waals surface area contributed by atoms with Crippen LogP contribution in [0.3, 0.4) is 0 Å². The zero-order chi connectivity index (χ0) is 26.5. The van der Waals surface area contributed by atoms with Crippen molar-refractivity contribution in [1.29, 1.82) is 0 Å². The van der Waals surface area contributed by atoms with Crippen molar-refractivity contribution in [2.45, 2.75) is 91.4 Å². The Morgan fingerprint density at radius 3 is 2.14 bits per heavy atom. The van der Waals surface area contributed by atoms with Crippen LogP contribution >= 0.6 is 0 Å². The maximum atomic E-state index is 13.7. The van der Waals surface area contributed by atoms with E-state index in [9.17, 15) is 24.0 Å². The minimum absolute atomic E-state index is 0.0621. The summed E-state index contributed by atoms with van der Waals surface area (Å²) >= 11 is 0. The van der Waals surface area contributed by atoms with Gasteiger partial charge in [0.1, 0.15) is 12.1 Å². The Hall–Kier alpha value is -2.65. The quantitative estimate of drug-likeness (QED) is 0.354. The Balaban J connectivity index is 1.79. The van der Waals surface area contributed by atoms with Crippen molar-refractivity contribution in [3.05, 3.63) is 0 Å². The number of nitrogens with zero attached hydrogens (tertiary/aromatic N) is 1. The van der Waals surface area contributed by atoms with E-state index in [2.05, 4.69) is 29.8 Å². The van der Waals surface area contributed by atoms with Crippen molar-refractivity contribution in [3.63, 3.8) is 0 Å². The van der Waals surface area contributed by atoms with Gasteiger partial charge in [0, 0.05) is 12.1 Å². The molecule has 0 aromatic heterocycles. The molecule has 3 aliphatic rings. The first kappa shape index (κ1) is 26.9. The van der Waals surface area contributed by atoms with E-state index in [4.69, 9.17) is 5.73 Å². The molecule has 2 aliphatic carbocycles. The third-order valence-corrected chi connectivity index (χ3v) is 7.61. The predicted molar refractivity (Wildman–Crippen MR) is 130 cm³/mol. The van der Waals surface area contributed by atoms with Crippen LogP contribution in [0.25, 0.3) is 0 Å². The number of fused-ring (bicyclic) bond motifs is 1. The number of carbonyl (C=O) groups is 5. The maximum absolute atomic E-state index is 13.7. The van der Waals surface area contributed by atoms with Crippen LogP contribution in [0.1, 0.15) is 67.7 Å². The van der Waals surface area contributed by atoms with E-state index in [-0.39, 0.29) is 35.0 Å². The average Bonchev–Trinajstić information content (AvgIpc) is 3.56. The Labute approximate surface area is 207 Å². The van der Waals surface area contributed by atoms with E-state index in [1.54, 1.807) is 4.90 Å². The second kappa shape index (κ2) is 9.43. The third kappa shape index (κ3) is 5.95. The summed E-state index contributed by atoms with van der Waals surface area (Å²) in [5.41, 5.74) is 4.63. The lowest BCUT2D eigenvalue weighted by Crippen LogP contribution is -2.60. The first-order chi connectivity index (χ1) is 16.0. The molecular formula is C25H41N5O5. The van der Waals surface area contributed by atoms with Gasteiger partial charge < -0.3 is 26.6 Å². The number of urea groups is 1. The van der Waals surface area contributed by atoms with Gasteiger partial charge in [0.25, 0.3) is 5.91 Å². The van der Waals surface area contributed by atoms with Crippen molar-refractivity contribution < 1.29 is 24.0 Å². The fraction of sp³-hybridized carbons (Fsp3) is 0.800. The van der Waals surface area contributed by atoms with Crippen LogP contribution in [0, 0.1) is 29.1 Å². The number of Topliss-reactive ketones (excluding diaryl/α,β-unsaturated/α-hetero) is 1. The molecular weight excluding hydrogens is 450 g/mol. The molecule has 3 rings (SSSR count). The normalized spacial score (nSPS) is 26.4. The molecule has 0 bridgehead atoms. The van der Waals surface area contributed by atoms with Gasteiger partial charge in [0.05, 0.1) is 6.04 Å². The molecule has 1 aliphatic heterocycles. The van der Waals surface area contributed by atoms with Crippen molar-refractivity contribution in [2.75, 3.05) is 6.54 Å². The molecule has 0 radical (unpaired) electrons. The van der Waals surface area contributed by atoms with E-state index in [1.165, 1.54) is 0 Å². The van der Waals surface area contributed by atoms with Crippen LogP contribution in [0.5, 0.6) is 0 Å². The predicted octanol–water partition coefficient (Wildman–Crippen LogP) is 0.931. The molecule has 3 unspecified atom stereocenters. The maximum Gasteiger partial charge on any atom is 0.315 e. The fourth-order valence-electron chi connectivity index (χ4n) is 5.37. The minimum atomic E-state index is -1.08. The van der Waals surface area contributed by atoms with Crippen molar-refractivity contribution in [1.82, 2.24) is 20.9 Å². The van der Waals surface area contributed by atoms with E-state index >= 15 is 0 Å². The standard InChI is InChI=1S/C25H41N5O5/c1-12(2)17(28-23(35)29-24(3,4)5)22(34)30-11-14-16(25(14,6)7)18(30)21(33)27-15(10-13-8-9-13)19(31)20(26)32/h12-18H,8-11H2,1-7H3,(H2,26,32)(H,27,33)(H2,28,29,35)/t14-,15?,16-,17?,18?/m0/s1. The van der Waals surface area contributed by atoms with Gasteiger partial charge in [-0.3, -0.25) is 19.2 Å². The molecule has 35 heavy (non-hydrogen) atoms. The summed E-state index contributed by atoms with van der Waals surface area (Å²) in [4.78, 5) is 65.2. The molecule has 5 N–H and O–H groups in total. The number of ketones is 1. The van der Waals surface area contributed by atoms with Gasteiger partial charge in [-0.15, -0.1) is 0 Å². The zero-order valence-electron chi connectivity index (χ0n) is 21.9. The molecule has 1 heterocycles. The van der Waals surface area contributed by atoms with E-state index in [0.717, 1.165) is 12.8 Å². The van der Waals surface area contributed by atoms with Gasteiger partial charge in [-0.1, -0.05) is 40.5 Å². The van der Waals surface area contributed by atoms with Gasteiger partial charge in [0.2, 0.25) is 17.6 Å². The highest BCUT2D eigenvalue weighted by Gasteiger charge is 2.69. The van der Waals surface area contributed by atoms with E-state index < -0.39 is 47.3 Å². The van der Waals surface area contributed by atoms with Crippen LogP contribution in [0.15, 0.2) is 0 Å². The van der Waals surface area contributed by atoms with Crippen molar-refractivity contribution in [2.24, 2.45) is 34.8 Å². The number of carbonyl (C=O) groups excluding carboxylic acids is 5. The summed E-state index contributed by atoms with van der Waals surface area (Å²) in [6.07, 6.45) is 2.26. The molecule has 1 saturated heterocycles. The lowest BCUT2D eigenvalue weighted by atomic mass is 9.96. The Morgan fingerprint density at radius 1 is 1.06 bits per heavy atom. The fourth-order valence-corrected chi connectivity index (χ4v) is 5.37. The molecule has 0 aromatic rings. The molecule has 10 heteroatoms. The SMILES string of the molecule is CC(C)C(NC(=O)NC(C)(C)C)C(=O)N1C[C@H]2[C@@H](C1C(=O)NC(CC1CC1)C(=O)C(N)=O)C2(C)C. The second-order valence-corrected chi connectivity index (χ2v) is 12.4. The molecule has 0 aromatic carbocycles. The lowest BCUT2D eigenvalue weighted by Gasteiger charge is -2.35. The third-order valence-electron chi connectivity index (χ3n) is 7.61. The summed E-state index contributed by atoms with van der Waals surface area (Å²) in [5.74, 6) is -2.50. The molecule has 10 nitrogen and oxygen atoms in total. The van der Waals surface area contributed by atoms with Crippen LogP contribution in [-0.2, 0) is 19.2 Å². The summed E-state index contributed by atoms with van der Waals surface area (Å²) < 4.78 is 0. The van der Waals surface area contributed by atoms with E-state index in [1.807, 2.05) is 34.6 Å². The second-order valence-electron chi connectivity index (χ2n) is 12.4. The average molecular weight is 492 g/mol. The highest BCUT2D eigenvalue weighted by atomic mass is 16.2. The number of hydrogen-bond acceptors (Lipinski definition) is 5. The van der Waals surface area contributed by atoms with Crippen molar-refractivity contribution >= 4 is 29.5 Å². The zero-order valence-corrected chi connectivity index (χ0v) is 21.9. The van der Waals surface area contributed by atoms with Gasteiger partial charge in [0.15, 0.2) is 0 Å². The van der Waals surface area contributed by atoms with Crippen LogP contribution in [-0.4, -0.2) is 64.6 Å². The first-order valence-electron chi connectivity index (χ1n) is 12.6. The summed E-state index contributed by atoms with van der Waals surface area (Å²) in [6.45, 7) is 13.8. The van der Waals surface area contributed by atoms with Gasteiger partial charge in [-0.05, 0) is 56.3 Å². The Morgan fingerprint density at radius 2 is 1.66 bits per heavy atom. The topological polar surface area (TPSA) is 151 Å².